The van der Waals surface area contributed by atoms with Crippen molar-refractivity contribution in [3.8, 4) is 0 Å². The van der Waals surface area contributed by atoms with Crippen LogP contribution in [0.2, 0.25) is 0 Å². The summed E-state index contributed by atoms with van der Waals surface area (Å²) in [4.78, 5) is 12.6. The Kier molecular flexibility index (Phi) is 7.15. The van der Waals surface area contributed by atoms with Gasteiger partial charge in [0.1, 0.15) is 5.78 Å². The molecule has 35 heavy (non-hydrogen) atoms. The van der Waals surface area contributed by atoms with Gasteiger partial charge in [-0.3, -0.25) is 9.35 Å². The fourth-order valence-electron chi connectivity index (χ4n) is 8.87. The Balaban J connectivity index is 1.57. The Bertz CT molecular complexity index is 970. The molecule has 0 aromatic carbocycles. The second kappa shape index (κ2) is 9.19. The molecule has 0 aromatic rings. The van der Waals surface area contributed by atoms with Gasteiger partial charge in [0.15, 0.2) is 0 Å². The Morgan fingerprint density at radius 1 is 1.20 bits per heavy atom. The monoisotopic (exact) mass is 512 g/mol. The van der Waals surface area contributed by atoms with Crippen molar-refractivity contribution in [2.24, 2.45) is 40.4 Å². The number of carbonyl (C=O) groups is 1. The van der Waals surface area contributed by atoms with Gasteiger partial charge in [-0.05, 0) is 92.3 Å². The lowest BCUT2D eigenvalue weighted by Crippen LogP contribution is -2.55. The molecule has 0 spiro atoms. The van der Waals surface area contributed by atoms with Crippen molar-refractivity contribution in [2.75, 3.05) is 0 Å². The van der Waals surface area contributed by atoms with Crippen molar-refractivity contribution >= 4 is 16.2 Å². The van der Waals surface area contributed by atoms with E-state index in [1.165, 1.54) is 5.57 Å². The number of carbonyl (C=O) groups excluding carboxylic acids is 1. The van der Waals surface area contributed by atoms with Crippen LogP contribution in [0.25, 0.3) is 0 Å². The maximum absolute atomic E-state index is 12.6. The zero-order valence-electron chi connectivity index (χ0n) is 21.9. The van der Waals surface area contributed by atoms with Crippen molar-refractivity contribution in [1.29, 1.82) is 0 Å². The summed E-state index contributed by atoms with van der Waals surface area (Å²) in [6.45, 7) is 10.3. The van der Waals surface area contributed by atoms with Crippen LogP contribution in [0.1, 0.15) is 92.4 Å². The quantitative estimate of drug-likeness (QED) is 0.340. The molecule has 0 unspecified atom stereocenters. The second-order valence-electron chi connectivity index (χ2n) is 13.1. The molecule has 7 nitrogen and oxygen atoms in total. The van der Waals surface area contributed by atoms with E-state index in [2.05, 4.69) is 19.9 Å². The molecule has 9 atom stereocenters. The van der Waals surface area contributed by atoms with Crippen LogP contribution >= 0.6 is 0 Å². The van der Waals surface area contributed by atoms with Gasteiger partial charge in [0.2, 0.25) is 0 Å². The highest BCUT2D eigenvalue weighted by atomic mass is 32.3. The predicted molar refractivity (Wildman–Crippen MR) is 133 cm³/mol. The van der Waals surface area contributed by atoms with E-state index in [-0.39, 0.29) is 46.7 Å². The Morgan fingerprint density at radius 3 is 2.51 bits per heavy atom. The molecule has 200 valence electrons. The van der Waals surface area contributed by atoms with Gasteiger partial charge in [-0.2, -0.15) is 8.42 Å². The van der Waals surface area contributed by atoms with E-state index < -0.39 is 28.2 Å². The van der Waals surface area contributed by atoms with Crippen LogP contribution in [0, 0.1) is 40.4 Å². The maximum Gasteiger partial charge on any atom is 0.397 e. The molecule has 0 radical (unpaired) electrons. The number of rotatable bonds is 7. The topological polar surface area (TPSA) is 121 Å². The summed E-state index contributed by atoms with van der Waals surface area (Å²) in [5.74, 6) is 0.853. The minimum absolute atomic E-state index is 0.0236. The van der Waals surface area contributed by atoms with Gasteiger partial charge in [-0.15, -0.1) is 0 Å². The van der Waals surface area contributed by atoms with Crippen molar-refractivity contribution in [3.05, 3.63) is 11.6 Å². The number of hydrogen-bond acceptors (Lipinski definition) is 6. The molecule has 3 saturated carbocycles. The summed E-state index contributed by atoms with van der Waals surface area (Å²) < 4.78 is 36.5. The van der Waals surface area contributed by atoms with E-state index in [1.54, 1.807) is 0 Å². The fourth-order valence-corrected chi connectivity index (χ4v) is 9.39. The first-order valence-corrected chi connectivity index (χ1v) is 14.7. The first kappa shape index (κ1) is 27.2. The van der Waals surface area contributed by atoms with Crippen LogP contribution in [-0.2, 0) is 19.4 Å². The van der Waals surface area contributed by atoms with E-state index in [4.69, 9.17) is 8.74 Å². The first-order chi connectivity index (χ1) is 16.1. The lowest BCUT2D eigenvalue weighted by molar-refractivity contribution is -0.131. The fraction of sp³-hybridized carbons (Fsp3) is 0.889. The number of fused-ring (bicyclic) bond motifs is 5. The normalized spacial score (nSPS) is 43.1. The number of aliphatic hydroxyl groups is 2. The highest BCUT2D eigenvalue weighted by molar-refractivity contribution is 7.80. The van der Waals surface area contributed by atoms with Crippen molar-refractivity contribution in [1.82, 2.24) is 0 Å². The third-order valence-electron chi connectivity index (χ3n) is 10.2. The lowest BCUT2D eigenvalue weighted by Gasteiger charge is -2.58. The van der Waals surface area contributed by atoms with Crippen molar-refractivity contribution in [2.45, 2.75) is 110 Å². The van der Waals surface area contributed by atoms with E-state index in [0.29, 0.717) is 38.0 Å². The van der Waals surface area contributed by atoms with Gasteiger partial charge in [0.05, 0.1) is 17.8 Å². The summed E-state index contributed by atoms with van der Waals surface area (Å²) >= 11 is 0. The molecule has 0 aromatic heterocycles. The average molecular weight is 513 g/mol. The van der Waals surface area contributed by atoms with E-state index in [0.717, 1.165) is 19.3 Å². The molecule has 0 amide bonds. The SMILES string of the molecule is CC(C)CC(=O)C[C@](C)(O)[C@H]1CC[C@H]2[C@@H]3C[C@H](O)[C@H]4C[C@@H](OS(=O)(=O)O)CC[C@]4(C)C3=CC[C@@]21C. The van der Waals surface area contributed by atoms with Crippen molar-refractivity contribution in [3.63, 3.8) is 0 Å². The molecule has 3 fully saturated rings. The van der Waals surface area contributed by atoms with Crippen LogP contribution in [-0.4, -0.2) is 46.8 Å². The van der Waals surface area contributed by atoms with Crippen LogP contribution in [0.5, 0.6) is 0 Å². The molecule has 0 heterocycles. The third-order valence-corrected chi connectivity index (χ3v) is 10.7. The van der Waals surface area contributed by atoms with Gasteiger partial charge < -0.3 is 10.2 Å². The molecule has 0 aliphatic heterocycles. The molecule has 0 bridgehead atoms. The highest BCUT2D eigenvalue weighted by Gasteiger charge is 2.61. The molecular weight excluding hydrogens is 468 g/mol. The third kappa shape index (κ3) is 5.02. The Morgan fingerprint density at radius 2 is 1.89 bits per heavy atom. The summed E-state index contributed by atoms with van der Waals surface area (Å²) in [5, 5.41) is 22.8. The number of allylic oxidation sites excluding steroid dienone is 2. The summed E-state index contributed by atoms with van der Waals surface area (Å²) in [6, 6.07) is 0. The van der Waals surface area contributed by atoms with E-state index in [1.807, 2.05) is 20.8 Å². The van der Waals surface area contributed by atoms with Gasteiger partial charge in [0, 0.05) is 12.8 Å². The van der Waals surface area contributed by atoms with Gasteiger partial charge in [-0.25, -0.2) is 4.18 Å². The summed E-state index contributed by atoms with van der Waals surface area (Å²) in [6.07, 6.45) is 6.75. The molecular formula is C27H44O7S. The lowest BCUT2D eigenvalue weighted by atomic mass is 9.47. The standard InChI is InChI=1S/C27H44O7S/c1-16(2)12-17(28)15-27(5,30)24-7-6-20-19-14-23(29)22-13-18(34-35(31,32)33)8-10-25(22,3)21(19)9-11-26(20,24)4/h9,16,18-20,22-24,29-30H,6-8,10-15H2,1-5H3,(H,31,32,33)/t18-,19-,20-,22+,23-,24-,25+,26-,27-/m0/s1. The number of aliphatic hydroxyl groups excluding tert-OH is 1. The minimum atomic E-state index is -4.52. The Hall–Kier alpha value is -0.800. The van der Waals surface area contributed by atoms with Crippen LogP contribution in [0.4, 0.5) is 0 Å². The molecule has 4 aliphatic carbocycles. The molecule has 4 aliphatic rings. The zero-order chi connectivity index (χ0) is 26.0. The minimum Gasteiger partial charge on any atom is -0.393 e. The summed E-state index contributed by atoms with van der Waals surface area (Å²) in [5.41, 5.74) is -0.0523. The van der Waals surface area contributed by atoms with Crippen molar-refractivity contribution < 1.29 is 32.2 Å². The van der Waals surface area contributed by atoms with Gasteiger partial charge in [0.25, 0.3) is 0 Å². The zero-order valence-corrected chi connectivity index (χ0v) is 22.7. The molecule has 4 rings (SSSR count). The number of Topliss-reactive ketones (excluding diaryl/α,β-unsaturated/α-hetero) is 1. The van der Waals surface area contributed by atoms with Crippen LogP contribution < -0.4 is 0 Å². The summed E-state index contributed by atoms with van der Waals surface area (Å²) in [7, 11) is -4.52. The van der Waals surface area contributed by atoms with E-state index >= 15 is 0 Å². The molecule has 3 N–H and O–H groups in total. The number of ketones is 1. The Labute approximate surface area is 210 Å². The smallest absolute Gasteiger partial charge is 0.393 e. The van der Waals surface area contributed by atoms with Crippen LogP contribution in [0.15, 0.2) is 11.6 Å². The highest BCUT2D eigenvalue weighted by Crippen LogP contribution is 2.67. The average Bonchev–Trinajstić information content (AvgIpc) is 3.05. The molecule has 8 heteroatoms. The van der Waals surface area contributed by atoms with Gasteiger partial charge >= 0.3 is 10.4 Å². The number of hydrogen-bond donors (Lipinski definition) is 3. The van der Waals surface area contributed by atoms with Crippen LogP contribution in [0.3, 0.4) is 0 Å². The second-order valence-corrected chi connectivity index (χ2v) is 14.2. The first-order valence-electron chi connectivity index (χ1n) is 13.3. The predicted octanol–water partition coefficient (Wildman–Crippen LogP) is 4.48. The largest absolute Gasteiger partial charge is 0.397 e. The van der Waals surface area contributed by atoms with E-state index in [9.17, 15) is 23.4 Å². The maximum atomic E-state index is 12.6. The van der Waals surface area contributed by atoms with Gasteiger partial charge in [-0.1, -0.05) is 39.3 Å². The molecule has 0 saturated heterocycles.